The molecule has 1 fully saturated rings. The lowest BCUT2D eigenvalue weighted by Gasteiger charge is -2.31. The maximum atomic E-state index is 5.80. The Morgan fingerprint density at radius 1 is 1.33 bits per heavy atom. The van der Waals surface area contributed by atoms with E-state index < -0.39 is 0 Å². The monoisotopic (exact) mass is 376 g/mol. The van der Waals surface area contributed by atoms with Gasteiger partial charge in [0.05, 0.1) is 0 Å². The first kappa shape index (κ1) is 18.8. The van der Waals surface area contributed by atoms with E-state index in [2.05, 4.69) is 33.1 Å². The van der Waals surface area contributed by atoms with Crippen LogP contribution in [0.25, 0.3) is 0 Å². The van der Waals surface area contributed by atoms with Gasteiger partial charge < -0.3 is 10.1 Å². The van der Waals surface area contributed by atoms with Crippen LogP contribution in [0.5, 0.6) is 5.75 Å². The highest BCUT2D eigenvalue weighted by atomic mass is 79.9. The Morgan fingerprint density at radius 2 is 2.10 bits per heavy atom. The predicted octanol–water partition coefficient (Wildman–Crippen LogP) is 3.57. The summed E-state index contributed by atoms with van der Waals surface area (Å²) in [7, 11) is 0. The average molecular weight is 378 g/mol. The van der Waals surface area contributed by atoms with Crippen LogP contribution in [-0.2, 0) is 0 Å². The Balaban J connectivity index is 0.00000220. The van der Waals surface area contributed by atoms with Crippen molar-refractivity contribution >= 4 is 28.3 Å². The Morgan fingerprint density at radius 3 is 2.76 bits per heavy atom. The highest BCUT2D eigenvalue weighted by molar-refractivity contribution is 9.10. The first-order valence-electron chi connectivity index (χ1n) is 7.59. The number of benzene rings is 1. The highest BCUT2D eigenvalue weighted by Gasteiger charge is 2.18. The number of rotatable bonds is 7. The topological polar surface area (TPSA) is 24.5 Å². The summed E-state index contributed by atoms with van der Waals surface area (Å²) < 4.78 is 6.87. The summed E-state index contributed by atoms with van der Waals surface area (Å²) in [6.45, 7) is 8.65. The second-order valence-electron chi connectivity index (χ2n) is 5.40. The maximum Gasteiger partial charge on any atom is 0.120 e. The van der Waals surface area contributed by atoms with Gasteiger partial charge in [-0.3, -0.25) is 4.90 Å². The molecule has 0 saturated carbocycles. The molecule has 1 N–H and O–H groups in total. The predicted molar refractivity (Wildman–Crippen MR) is 94.6 cm³/mol. The van der Waals surface area contributed by atoms with Crippen LogP contribution < -0.4 is 10.1 Å². The van der Waals surface area contributed by atoms with E-state index in [-0.39, 0.29) is 12.4 Å². The number of halogens is 2. The summed E-state index contributed by atoms with van der Waals surface area (Å²) in [5.41, 5.74) is 0. The first-order valence-corrected chi connectivity index (χ1v) is 8.38. The molecular formula is C16H26BrClN2O. The van der Waals surface area contributed by atoms with Crippen molar-refractivity contribution in [3.8, 4) is 5.75 Å². The van der Waals surface area contributed by atoms with E-state index >= 15 is 0 Å². The van der Waals surface area contributed by atoms with Gasteiger partial charge in [0, 0.05) is 11.0 Å². The number of ether oxygens (including phenoxy) is 1. The molecule has 1 aromatic carbocycles. The molecule has 1 aliphatic heterocycles. The van der Waals surface area contributed by atoms with Crippen molar-refractivity contribution in [3.63, 3.8) is 0 Å². The fourth-order valence-corrected chi connectivity index (χ4v) is 2.99. The molecule has 0 aromatic heterocycles. The van der Waals surface area contributed by atoms with Crippen LogP contribution in [0.15, 0.2) is 28.7 Å². The molecule has 3 nitrogen and oxygen atoms in total. The molecule has 0 spiro atoms. The van der Waals surface area contributed by atoms with Crippen molar-refractivity contribution in [1.82, 2.24) is 10.2 Å². The molecule has 0 bridgehead atoms. The molecule has 1 saturated heterocycles. The van der Waals surface area contributed by atoms with Gasteiger partial charge in [0.1, 0.15) is 12.4 Å². The van der Waals surface area contributed by atoms with Crippen LogP contribution >= 0.6 is 28.3 Å². The molecule has 5 heteroatoms. The zero-order valence-corrected chi connectivity index (χ0v) is 15.1. The van der Waals surface area contributed by atoms with Crippen LogP contribution in [0.1, 0.15) is 19.8 Å². The second-order valence-corrected chi connectivity index (χ2v) is 6.31. The molecule has 21 heavy (non-hydrogen) atoms. The van der Waals surface area contributed by atoms with Crippen LogP contribution in [0.3, 0.4) is 0 Å². The number of piperidine rings is 1. The fraction of sp³-hybridized carbons (Fsp3) is 0.625. The van der Waals surface area contributed by atoms with E-state index in [0.29, 0.717) is 0 Å². The average Bonchev–Trinajstić information content (AvgIpc) is 2.46. The lowest BCUT2D eigenvalue weighted by molar-refractivity contribution is 0.154. The standard InChI is InChI=1S/C16H25BrN2O.ClH/c1-2-18-13-14-6-8-19(9-7-14)10-11-20-16-5-3-4-15(17)12-16;/h3-5,12,14,18H,2,6-11,13H2,1H3;1H. The van der Waals surface area contributed by atoms with Gasteiger partial charge in [-0.2, -0.15) is 0 Å². The van der Waals surface area contributed by atoms with Gasteiger partial charge >= 0.3 is 0 Å². The second kappa shape index (κ2) is 10.4. The van der Waals surface area contributed by atoms with Crippen LogP contribution in [0, 0.1) is 5.92 Å². The molecule has 0 amide bonds. The van der Waals surface area contributed by atoms with Gasteiger partial charge in [-0.05, 0) is 63.1 Å². The molecule has 0 unspecified atom stereocenters. The van der Waals surface area contributed by atoms with Crippen LogP contribution in [0.2, 0.25) is 0 Å². The van der Waals surface area contributed by atoms with E-state index in [1.165, 1.54) is 32.5 Å². The Bertz CT molecular complexity index is 398. The minimum Gasteiger partial charge on any atom is -0.492 e. The third-order valence-electron chi connectivity index (χ3n) is 3.86. The smallest absolute Gasteiger partial charge is 0.120 e. The SMILES string of the molecule is CCNCC1CCN(CCOc2cccc(Br)c2)CC1.Cl. The van der Waals surface area contributed by atoms with Gasteiger partial charge in [0.2, 0.25) is 0 Å². The molecule has 1 aromatic rings. The lowest BCUT2D eigenvalue weighted by atomic mass is 9.97. The molecule has 0 atom stereocenters. The summed E-state index contributed by atoms with van der Waals surface area (Å²) >= 11 is 3.46. The van der Waals surface area contributed by atoms with E-state index in [1.54, 1.807) is 0 Å². The van der Waals surface area contributed by atoms with Gasteiger partial charge in [-0.25, -0.2) is 0 Å². The van der Waals surface area contributed by atoms with Crippen molar-refractivity contribution in [2.24, 2.45) is 5.92 Å². The maximum absolute atomic E-state index is 5.80. The van der Waals surface area contributed by atoms with E-state index in [4.69, 9.17) is 4.74 Å². The van der Waals surface area contributed by atoms with Crippen molar-refractivity contribution in [1.29, 1.82) is 0 Å². The minimum absolute atomic E-state index is 0. The zero-order chi connectivity index (χ0) is 14.2. The van der Waals surface area contributed by atoms with Crippen molar-refractivity contribution < 1.29 is 4.74 Å². The number of nitrogens with one attached hydrogen (secondary N) is 1. The molecule has 0 aliphatic carbocycles. The Labute approximate surface area is 143 Å². The molecule has 1 heterocycles. The third-order valence-corrected chi connectivity index (χ3v) is 4.36. The normalized spacial score (nSPS) is 16.5. The largest absolute Gasteiger partial charge is 0.492 e. The summed E-state index contributed by atoms with van der Waals surface area (Å²) in [5, 5.41) is 3.46. The molecule has 1 aliphatic rings. The summed E-state index contributed by atoms with van der Waals surface area (Å²) in [5.74, 6) is 1.80. The fourth-order valence-electron chi connectivity index (χ4n) is 2.61. The Hall–Kier alpha value is -0.290. The highest BCUT2D eigenvalue weighted by Crippen LogP contribution is 2.18. The molecule has 2 rings (SSSR count). The van der Waals surface area contributed by atoms with Crippen molar-refractivity contribution in [3.05, 3.63) is 28.7 Å². The minimum atomic E-state index is 0. The van der Waals surface area contributed by atoms with Crippen molar-refractivity contribution in [2.45, 2.75) is 19.8 Å². The molecule has 0 radical (unpaired) electrons. The van der Waals surface area contributed by atoms with Gasteiger partial charge in [-0.15, -0.1) is 12.4 Å². The summed E-state index contributed by atoms with van der Waals surface area (Å²) in [6, 6.07) is 8.05. The van der Waals surface area contributed by atoms with E-state index in [9.17, 15) is 0 Å². The first-order chi connectivity index (χ1) is 9.78. The van der Waals surface area contributed by atoms with Gasteiger partial charge in [0.25, 0.3) is 0 Å². The molecule has 120 valence electrons. The van der Waals surface area contributed by atoms with Gasteiger partial charge in [-0.1, -0.05) is 28.9 Å². The Kier molecular flexibility index (Phi) is 9.32. The van der Waals surface area contributed by atoms with Crippen LogP contribution in [-0.4, -0.2) is 44.2 Å². The number of likely N-dealkylation sites (tertiary alicyclic amines) is 1. The van der Waals surface area contributed by atoms with Crippen molar-refractivity contribution in [2.75, 3.05) is 39.3 Å². The summed E-state index contributed by atoms with van der Waals surface area (Å²) in [4.78, 5) is 2.51. The number of nitrogens with zero attached hydrogens (tertiary/aromatic N) is 1. The molecular weight excluding hydrogens is 352 g/mol. The number of hydrogen-bond acceptors (Lipinski definition) is 3. The summed E-state index contributed by atoms with van der Waals surface area (Å²) in [6.07, 6.45) is 2.62. The van der Waals surface area contributed by atoms with Gasteiger partial charge in [0.15, 0.2) is 0 Å². The third kappa shape index (κ3) is 7.00. The zero-order valence-electron chi connectivity index (χ0n) is 12.7. The van der Waals surface area contributed by atoms with E-state index in [1.807, 2.05) is 24.3 Å². The lowest BCUT2D eigenvalue weighted by Crippen LogP contribution is -2.39. The number of hydrogen-bond donors (Lipinski definition) is 1. The van der Waals surface area contributed by atoms with E-state index in [0.717, 1.165) is 35.8 Å². The quantitative estimate of drug-likeness (QED) is 0.786. The van der Waals surface area contributed by atoms with Crippen LogP contribution in [0.4, 0.5) is 0 Å².